The molecule has 0 aliphatic carbocycles. The van der Waals surface area contributed by atoms with E-state index in [2.05, 4.69) is 45.3 Å². The molecule has 1 aliphatic rings. The zero-order valence-electron chi connectivity index (χ0n) is 12.1. The minimum absolute atomic E-state index is 0.399. The Hall–Kier alpha value is -0.120. The van der Waals surface area contributed by atoms with E-state index in [4.69, 9.17) is 4.74 Å². The Balaban J connectivity index is 2.06. The highest BCUT2D eigenvalue weighted by Gasteiger charge is 2.36. The highest BCUT2D eigenvalue weighted by Crippen LogP contribution is 2.31. The van der Waals surface area contributed by atoms with Crippen LogP contribution in [0.1, 0.15) is 34.6 Å². The number of rotatable bonds is 7. The number of hydrogen-bond acceptors (Lipinski definition) is 3. The predicted molar refractivity (Wildman–Crippen MR) is 73.2 cm³/mol. The van der Waals surface area contributed by atoms with Crippen molar-refractivity contribution in [3.63, 3.8) is 0 Å². The maximum Gasteiger partial charge on any atom is 0.0594 e. The van der Waals surface area contributed by atoms with E-state index in [9.17, 15) is 0 Å². The fourth-order valence-electron chi connectivity index (χ4n) is 2.53. The fourth-order valence-corrected chi connectivity index (χ4v) is 2.53. The van der Waals surface area contributed by atoms with Gasteiger partial charge >= 0.3 is 0 Å². The molecular weight excluding hydrogens is 212 g/mol. The number of nitrogens with one attached hydrogen (secondary N) is 2. The molecule has 0 spiro atoms. The van der Waals surface area contributed by atoms with Gasteiger partial charge in [0.15, 0.2) is 0 Å². The van der Waals surface area contributed by atoms with Gasteiger partial charge in [-0.3, -0.25) is 0 Å². The minimum atomic E-state index is 0.399. The standard InChI is InChI=1S/C14H30N2O/c1-10(2)8-15-6-7-16-9-14-11(3)12(4)17-13(14)5/h10-16H,6-9H2,1-5H3. The van der Waals surface area contributed by atoms with E-state index in [1.807, 2.05) is 0 Å². The van der Waals surface area contributed by atoms with Crippen molar-refractivity contribution in [1.82, 2.24) is 10.6 Å². The van der Waals surface area contributed by atoms with Crippen molar-refractivity contribution in [3.05, 3.63) is 0 Å². The molecule has 1 saturated heterocycles. The summed E-state index contributed by atoms with van der Waals surface area (Å²) >= 11 is 0. The van der Waals surface area contributed by atoms with E-state index in [1.165, 1.54) is 0 Å². The Morgan fingerprint density at radius 1 is 1.00 bits per heavy atom. The lowest BCUT2D eigenvalue weighted by atomic mass is 9.89. The first-order valence-electron chi connectivity index (χ1n) is 7.09. The lowest BCUT2D eigenvalue weighted by Gasteiger charge is -2.19. The highest BCUT2D eigenvalue weighted by molar-refractivity contribution is 4.85. The topological polar surface area (TPSA) is 33.3 Å². The van der Waals surface area contributed by atoms with Gasteiger partial charge in [0.05, 0.1) is 12.2 Å². The molecule has 3 heteroatoms. The molecule has 0 radical (unpaired) electrons. The molecular formula is C14H30N2O. The van der Waals surface area contributed by atoms with E-state index in [1.54, 1.807) is 0 Å². The van der Waals surface area contributed by atoms with Crippen LogP contribution in [0.5, 0.6) is 0 Å². The zero-order chi connectivity index (χ0) is 12.8. The smallest absolute Gasteiger partial charge is 0.0594 e. The average Bonchev–Trinajstić information content (AvgIpc) is 2.48. The summed E-state index contributed by atoms with van der Waals surface area (Å²) in [5.74, 6) is 2.07. The third kappa shape index (κ3) is 4.94. The maximum absolute atomic E-state index is 5.84. The number of hydrogen-bond donors (Lipinski definition) is 2. The Morgan fingerprint density at radius 3 is 2.18 bits per heavy atom. The molecule has 0 amide bonds. The fraction of sp³-hybridized carbons (Fsp3) is 1.00. The molecule has 1 aliphatic heterocycles. The van der Waals surface area contributed by atoms with Gasteiger partial charge in [-0.1, -0.05) is 20.8 Å². The van der Waals surface area contributed by atoms with Crippen LogP contribution in [0.4, 0.5) is 0 Å². The summed E-state index contributed by atoms with van der Waals surface area (Å²) in [6, 6.07) is 0. The second-order valence-electron chi connectivity index (χ2n) is 5.87. The van der Waals surface area contributed by atoms with Gasteiger partial charge < -0.3 is 15.4 Å². The molecule has 1 rings (SSSR count). The minimum Gasteiger partial charge on any atom is -0.375 e. The maximum atomic E-state index is 5.84. The molecule has 4 unspecified atom stereocenters. The summed E-state index contributed by atoms with van der Waals surface area (Å²) in [5.41, 5.74) is 0. The summed E-state index contributed by atoms with van der Waals surface area (Å²) in [5, 5.41) is 6.99. The van der Waals surface area contributed by atoms with Gasteiger partial charge in [-0.05, 0) is 32.2 Å². The summed E-state index contributed by atoms with van der Waals surface area (Å²) in [6.07, 6.45) is 0.812. The van der Waals surface area contributed by atoms with Crippen LogP contribution in [-0.4, -0.2) is 38.4 Å². The van der Waals surface area contributed by atoms with Crippen molar-refractivity contribution in [2.24, 2.45) is 17.8 Å². The molecule has 0 saturated carbocycles. The van der Waals surface area contributed by atoms with E-state index < -0.39 is 0 Å². The highest BCUT2D eigenvalue weighted by atomic mass is 16.5. The summed E-state index contributed by atoms with van der Waals surface area (Å²) < 4.78 is 5.84. The Labute approximate surface area is 107 Å². The quantitative estimate of drug-likeness (QED) is 0.669. The molecule has 102 valence electrons. The first-order valence-corrected chi connectivity index (χ1v) is 7.09. The van der Waals surface area contributed by atoms with Crippen molar-refractivity contribution < 1.29 is 4.74 Å². The van der Waals surface area contributed by atoms with E-state index >= 15 is 0 Å². The third-order valence-corrected chi connectivity index (χ3v) is 3.86. The van der Waals surface area contributed by atoms with Crippen LogP contribution in [0.25, 0.3) is 0 Å². The van der Waals surface area contributed by atoms with Gasteiger partial charge in [0.1, 0.15) is 0 Å². The molecule has 0 aromatic heterocycles. The van der Waals surface area contributed by atoms with Crippen LogP contribution < -0.4 is 10.6 Å². The monoisotopic (exact) mass is 242 g/mol. The van der Waals surface area contributed by atoms with Crippen molar-refractivity contribution in [2.45, 2.75) is 46.8 Å². The molecule has 2 N–H and O–H groups in total. The summed E-state index contributed by atoms with van der Waals surface area (Å²) in [7, 11) is 0. The van der Waals surface area contributed by atoms with Crippen LogP contribution in [-0.2, 0) is 4.74 Å². The van der Waals surface area contributed by atoms with Gasteiger partial charge in [0, 0.05) is 25.6 Å². The van der Waals surface area contributed by atoms with Gasteiger partial charge in [-0.25, -0.2) is 0 Å². The van der Waals surface area contributed by atoms with Crippen LogP contribution in [0, 0.1) is 17.8 Å². The Bertz CT molecular complexity index is 208. The Morgan fingerprint density at radius 2 is 1.65 bits per heavy atom. The summed E-state index contributed by atoms with van der Waals surface area (Å²) in [4.78, 5) is 0. The lowest BCUT2D eigenvalue weighted by Crippen LogP contribution is -2.35. The molecule has 1 fully saturated rings. The van der Waals surface area contributed by atoms with Crippen LogP contribution in [0.15, 0.2) is 0 Å². The van der Waals surface area contributed by atoms with Gasteiger partial charge in [0.25, 0.3) is 0 Å². The second-order valence-corrected chi connectivity index (χ2v) is 5.87. The van der Waals surface area contributed by atoms with Crippen LogP contribution in [0.2, 0.25) is 0 Å². The normalized spacial score (nSPS) is 33.5. The Kier molecular flexibility index (Phi) is 6.45. The van der Waals surface area contributed by atoms with Crippen LogP contribution in [0.3, 0.4) is 0 Å². The zero-order valence-corrected chi connectivity index (χ0v) is 12.1. The van der Waals surface area contributed by atoms with E-state index in [-0.39, 0.29) is 0 Å². The SMILES string of the molecule is CC(C)CNCCNCC1C(C)OC(C)C1C. The molecule has 3 nitrogen and oxygen atoms in total. The van der Waals surface area contributed by atoms with Crippen molar-refractivity contribution in [1.29, 1.82) is 0 Å². The summed E-state index contributed by atoms with van der Waals surface area (Å²) in [6.45, 7) is 15.5. The molecule has 0 aromatic rings. The van der Waals surface area contributed by atoms with Crippen molar-refractivity contribution >= 4 is 0 Å². The predicted octanol–water partition coefficient (Wildman–Crippen LogP) is 1.88. The molecule has 4 atom stereocenters. The van der Waals surface area contributed by atoms with Gasteiger partial charge in [-0.2, -0.15) is 0 Å². The molecule has 0 bridgehead atoms. The molecule has 0 aromatic carbocycles. The van der Waals surface area contributed by atoms with Crippen molar-refractivity contribution in [3.8, 4) is 0 Å². The molecule has 17 heavy (non-hydrogen) atoms. The first kappa shape index (κ1) is 14.9. The number of ether oxygens (including phenoxy) is 1. The largest absolute Gasteiger partial charge is 0.375 e. The van der Waals surface area contributed by atoms with Crippen LogP contribution >= 0.6 is 0 Å². The second kappa shape index (κ2) is 7.34. The molecule has 1 heterocycles. The van der Waals surface area contributed by atoms with Gasteiger partial charge in [-0.15, -0.1) is 0 Å². The van der Waals surface area contributed by atoms with E-state index in [0.717, 1.165) is 32.1 Å². The lowest BCUT2D eigenvalue weighted by molar-refractivity contribution is 0.0512. The average molecular weight is 242 g/mol. The van der Waals surface area contributed by atoms with E-state index in [0.29, 0.717) is 24.0 Å². The van der Waals surface area contributed by atoms with Crippen molar-refractivity contribution in [2.75, 3.05) is 26.2 Å². The van der Waals surface area contributed by atoms with Gasteiger partial charge in [0.2, 0.25) is 0 Å². The third-order valence-electron chi connectivity index (χ3n) is 3.86. The first-order chi connectivity index (χ1) is 8.02.